The fraction of sp³-hybridized carbons (Fsp3) is 0.222. The van der Waals surface area contributed by atoms with Gasteiger partial charge in [-0.05, 0) is 6.26 Å². The highest BCUT2D eigenvalue weighted by Crippen LogP contribution is 2.35. The van der Waals surface area contributed by atoms with E-state index in [4.69, 9.17) is 11.6 Å². The summed E-state index contributed by atoms with van der Waals surface area (Å²) in [7, 11) is 0. The molecular weight excluding hydrogens is 275 g/mol. The minimum Gasteiger partial charge on any atom is -0.243 e. The van der Waals surface area contributed by atoms with Crippen molar-refractivity contribution in [2.45, 2.75) is 11.3 Å². The van der Waals surface area contributed by atoms with E-state index in [1.165, 1.54) is 6.20 Å². The Morgan fingerprint density at radius 2 is 1.94 bits per heavy atom. The lowest BCUT2D eigenvalue weighted by molar-refractivity contribution is -0.136. The van der Waals surface area contributed by atoms with E-state index in [-0.39, 0.29) is 21.2 Å². The third-order valence-electron chi connectivity index (χ3n) is 2.04. The number of hydrogen-bond acceptors (Lipinski definition) is 4. The molecule has 0 spiro atoms. The summed E-state index contributed by atoms with van der Waals surface area (Å²) in [6.45, 7) is 0. The first-order chi connectivity index (χ1) is 7.93. The van der Waals surface area contributed by atoms with Gasteiger partial charge in [-0.15, -0.1) is 0 Å². The fourth-order valence-corrected chi connectivity index (χ4v) is 1.81. The Kier molecular flexibility index (Phi) is 3.13. The Hall–Kier alpha value is -1.08. The van der Waals surface area contributed by atoms with Gasteiger partial charge in [-0.1, -0.05) is 23.4 Å². The predicted molar refractivity (Wildman–Crippen MR) is 59.1 cm³/mol. The van der Waals surface area contributed by atoms with Crippen LogP contribution >= 0.6 is 23.4 Å². The van der Waals surface area contributed by atoms with E-state index in [2.05, 4.69) is 15.0 Å². The smallest absolute Gasteiger partial charge is 0.243 e. The molecule has 0 atom stereocenters. The maximum Gasteiger partial charge on any atom is 0.419 e. The summed E-state index contributed by atoms with van der Waals surface area (Å²) in [6.07, 6.45) is -0.905. The molecule has 2 aromatic rings. The van der Waals surface area contributed by atoms with Gasteiger partial charge >= 0.3 is 6.18 Å². The highest BCUT2D eigenvalue weighted by atomic mass is 35.5. The van der Waals surface area contributed by atoms with Crippen molar-refractivity contribution in [3.05, 3.63) is 23.1 Å². The van der Waals surface area contributed by atoms with Crippen LogP contribution in [-0.2, 0) is 6.18 Å². The first-order valence-corrected chi connectivity index (χ1v) is 5.96. The lowest BCUT2D eigenvalue weighted by Crippen LogP contribution is -2.08. The molecule has 3 nitrogen and oxygen atoms in total. The molecule has 0 radical (unpaired) electrons. The summed E-state index contributed by atoms with van der Waals surface area (Å²) >= 11 is 6.87. The minimum atomic E-state index is -4.51. The number of rotatable bonds is 1. The molecule has 0 bridgehead atoms. The molecule has 0 saturated carbocycles. The number of pyridine rings is 1. The summed E-state index contributed by atoms with van der Waals surface area (Å²) in [5.41, 5.74) is -1.13. The van der Waals surface area contributed by atoms with Crippen LogP contribution in [0.4, 0.5) is 13.2 Å². The largest absolute Gasteiger partial charge is 0.419 e. The zero-order valence-electron chi connectivity index (χ0n) is 8.42. The van der Waals surface area contributed by atoms with E-state index >= 15 is 0 Å². The van der Waals surface area contributed by atoms with Crippen molar-refractivity contribution in [1.82, 2.24) is 15.0 Å². The van der Waals surface area contributed by atoms with E-state index in [0.717, 1.165) is 11.8 Å². The van der Waals surface area contributed by atoms with Crippen molar-refractivity contribution >= 4 is 34.3 Å². The zero-order valence-corrected chi connectivity index (χ0v) is 9.99. The van der Waals surface area contributed by atoms with Crippen LogP contribution in [0.1, 0.15) is 5.56 Å². The van der Waals surface area contributed by atoms with Crippen molar-refractivity contribution in [2.24, 2.45) is 0 Å². The fourth-order valence-electron chi connectivity index (χ4n) is 1.28. The molecule has 2 heterocycles. The first-order valence-electron chi connectivity index (χ1n) is 4.36. The van der Waals surface area contributed by atoms with Gasteiger partial charge in [0.1, 0.15) is 10.7 Å². The maximum absolute atomic E-state index is 12.7. The summed E-state index contributed by atoms with van der Waals surface area (Å²) in [5.74, 6) is 0. The molecule has 2 rings (SSSR count). The quantitative estimate of drug-likeness (QED) is 0.455. The van der Waals surface area contributed by atoms with Gasteiger partial charge in [0.2, 0.25) is 0 Å². The van der Waals surface area contributed by atoms with Gasteiger partial charge in [-0.2, -0.15) is 13.2 Å². The molecule has 0 unspecified atom stereocenters. The average molecular weight is 280 g/mol. The van der Waals surface area contributed by atoms with E-state index in [1.54, 1.807) is 6.26 Å². The van der Waals surface area contributed by atoms with Crippen LogP contribution in [-0.4, -0.2) is 21.2 Å². The second-order valence-corrected chi connectivity index (χ2v) is 4.21. The average Bonchev–Trinajstić information content (AvgIpc) is 2.27. The molecule has 0 aliphatic heterocycles. The van der Waals surface area contributed by atoms with Crippen molar-refractivity contribution in [1.29, 1.82) is 0 Å². The summed E-state index contributed by atoms with van der Waals surface area (Å²) in [5, 5.41) is 0.310. The van der Waals surface area contributed by atoms with Crippen molar-refractivity contribution in [3.63, 3.8) is 0 Å². The standard InChI is InChI=1S/C9H5ClF3N3S/c1-17-8-15-2-4-6(16-8)5(9(11,12)13)3-14-7(4)10/h2-3H,1H3. The Labute approximate surface area is 103 Å². The second-order valence-electron chi connectivity index (χ2n) is 3.08. The molecule has 0 aromatic carbocycles. The number of fused-ring (bicyclic) bond motifs is 1. The molecule has 2 aromatic heterocycles. The Bertz CT molecular complexity index is 573. The SMILES string of the molecule is CSc1ncc2c(Cl)ncc(C(F)(F)F)c2n1. The molecule has 0 aliphatic carbocycles. The normalized spacial score (nSPS) is 12.1. The number of alkyl halides is 3. The molecular formula is C9H5ClF3N3S. The topological polar surface area (TPSA) is 38.7 Å². The third-order valence-corrected chi connectivity index (χ3v) is 2.90. The Morgan fingerprint density at radius 3 is 2.53 bits per heavy atom. The Morgan fingerprint density at radius 1 is 1.24 bits per heavy atom. The lowest BCUT2D eigenvalue weighted by atomic mass is 10.2. The van der Waals surface area contributed by atoms with Crippen LogP contribution < -0.4 is 0 Å². The number of hydrogen-bond donors (Lipinski definition) is 0. The van der Waals surface area contributed by atoms with Gasteiger partial charge in [0.05, 0.1) is 10.9 Å². The molecule has 0 aliphatic rings. The van der Waals surface area contributed by atoms with E-state index in [0.29, 0.717) is 6.20 Å². The molecule has 0 amide bonds. The monoisotopic (exact) mass is 279 g/mol. The van der Waals surface area contributed by atoms with Crippen LogP contribution in [0.15, 0.2) is 17.6 Å². The summed E-state index contributed by atoms with van der Waals surface area (Å²) in [6, 6.07) is 0. The molecule has 0 N–H and O–H groups in total. The van der Waals surface area contributed by atoms with Crippen LogP contribution in [0.5, 0.6) is 0 Å². The van der Waals surface area contributed by atoms with Crippen LogP contribution in [0.3, 0.4) is 0 Å². The van der Waals surface area contributed by atoms with Crippen molar-refractivity contribution < 1.29 is 13.2 Å². The zero-order chi connectivity index (χ0) is 12.6. The first kappa shape index (κ1) is 12.4. The van der Waals surface area contributed by atoms with Gasteiger partial charge < -0.3 is 0 Å². The molecule has 8 heteroatoms. The van der Waals surface area contributed by atoms with Gasteiger partial charge in [0.25, 0.3) is 0 Å². The van der Waals surface area contributed by atoms with Gasteiger partial charge in [-0.3, -0.25) is 0 Å². The van der Waals surface area contributed by atoms with Crippen LogP contribution in [0.25, 0.3) is 10.9 Å². The molecule has 17 heavy (non-hydrogen) atoms. The molecule has 0 saturated heterocycles. The van der Waals surface area contributed by atoms with Gasteiger partial charge in [0.15, 0.2) is 5.16 Å². The van der Waals surface area contributed by atoms with Crippen LogP contribution in [0, 0.1) is 0 Å². The van der Waals surface area contributed by atoms with E-state index in [9.17, 15) is 13.2 Å². The van der Waals surface area contributed by atoms with Gasteiger partial charge in [0, 0.05) is 12.4 Å². The number of aromatic nitrogens is 3. The van der Waals surface area contributed by atoms with E-state index < -0.39 is 11.7 Å². The van der Waals surface area contributed by atoms with E-state index in [1.807, 2.05) is 0 Å². The minimum absolute atomic E-state index is 0.0411. The molecule has 90 valence electrons. The van der Waals surface area contributed by atoms with Crippen molar-refractivity contribution in [2.75, 3.05) is 6.26 Å². The number of nitrogens with zero attached hydrogens (tertiary/aromatic N) is 3. The Balaban J connectivity index is 2.81. The van der Waals surface area contributed by atoms with Gasteiger partial charge in [-0.25, -0.2) is 15.0 Å². The number of thioether (sulfide) groups is 1. The second kappa shape index (κ2) is 4.30. The maximum atomic E-state index is 12.7. The highest BCUT2D eigenvalue weighted by Gasteiger charge is 2.34. The third kappa shape index (κ3) is 2.30. The van der Waals surface area contributed by atoms with Crippen molar-refractivity contribution in [3.8, 4) is 0 Å². The summed E-state index contributed by atoms with van der Waals surface area (Å²) < 4.78 is 38.2. The number of halogens is 4. The molecule has 0 fully saturated rings. The lowest BCUT2D eigenvalue weighted by Gasteiger charge is -2.09. The summed E-state index contributed by atoms with van der Waals surface area (Å²) in [4.78, 5) is 11.2. The van der Waals surface area contributed by atoms with Crippen LogP contribution in [0.2, 0.25) is 5.15 Å². The highest BCUT2D eigenvalue weighted by molar-refractivity contribution is 7.98. The predicted octanol–water partition coefficient (Wildman–Crippen LogP) is 3.42.